The van der Waals surface area contributed by atoms with Crippen molar-refractivity contribution >= 4 is 46.5 Å². The first-order chi connectivity index (χ1) is 22.7. The monoisotopic (exact) mass is 663 g/mol. The van der Waals surface area contributed by atoms with E-state index in [1.165, 1.54) is 20.0 Å². The van der Waals surface area contributed by atoms with Crippen LogP contribution in [-0.2, 0) is 25.5 Å². The lowest BCUT2D eigenvalue weighted by Gasteiger charge is -2.39. The first-order valence-electron chi connectivity index (χ1n) is 15.3. The molecule has 9 N–H and O–H groups in total. The van der Waals surface area contributed by atoms with E-state index >= 15 is 0 Å². The second kappa shape index (κ2) is 15.3. The fraction of sp³-hybridized carbons (Fsp3) is 0.419. The van der Waals surface area contributed by atoms with Crippen molar-refractivity contribution in [3.63, 3.8) is 0 Å². The summed E-state index contributed by atoms with van der Waals surface area (Å²) >= 11 is 0. The Balaban J connectivity index is 0.000000229. The van der Waals surface area contributed by atoms with E-state index in [9.17, 15) is 19.2 Å². The fourth-order valence-electron chi connectivity index (χ4n) is 5.24. The average molecular weight is 664 g/mol. The van der Waals surface area contributed by atoms with Gasteiger partial charge in [0.1, 0.15) is 18.0 Å². The van der Waals surface area contributed by atoms with Gasteiger partial charge < -0.3 is 31.7 Å². The van der Waals surface area contributed by atoms with Crippen molar-refractivity contribution in [3.8, 4) is 0 Å². The second-order valence-electron chi connectivity index (χ2n) is 11.6. The van der Waals surface area contributed by atoms with Crippen LogP contribution in [0.2, 0.25) is 0 Å². The minimum Gasteiger partial charge on any atom is -0.463 e. The molecule has 0 aliphatic carbocycles. The summed E-state index contributed by atoms with van der Waals surface area (Å²) in [6, 6.07) is 9.66. The number of hydrazine groups is 1. The smallest absolute Gasteiger partial charge is 0.302 e. The molecule has 1 aliphatic heterocycles. The molecule has 17 nitrogen and oxygen atoms in total. The summed E-state index contributed by atoms with van der Waals surface area (Å²) in [5.41, 5.74) is 19.1. The Morgan fingerprint density at radius 2 is 1.52 bits per heavy atom. The zero-order valence-electron chi connectivity index (χ0n) is 27.5. The number of rotatable bonds is 9. The van der Waals surface area contributed by atoms with E-state index in [0.29, 0.717) is 23.5 Å². The maximum absolute atomic E-state index is 12.3. The van der Waals surface area contributed by atoms with Crippen molar-refractivity contribution in [3.05, 3.63) is 68.5 Å². The Kier molecular flexibility index (Phi) is 11.3. The first kappa shape index (κ1) is 35.3. The standard InChI is InChI=1S/C19H26N6O3.C12H15N5O3/c1-10(11(2)28-12(3)26)14-9-15-16(22-19(20)23-18(15)27)21-17(14)25-24-13-7-5-4-6-8-13;1-5(6(2)20-7(3)18)8-4-14-10-9(15-8)11(19)17-12(13)16-10/h4-8,10-11,14,17,24-25H,9H2,1-3H3,(H4,20,21,22,23,27);4-6H,1-3H3,(H3,13,14,16,17,19)/t10-,11-,14?,17?;5-,6-/m00/s1. The van der Waals surface area contributed by atoms with Crippen molar-refractivity contribution in [2.45, 2.75) is 72.3 Å². The number of carbonyl (C=O) groups excluding carboxylic acids is 2. The molecule has 6 atom stereocenters. The number of H-pyrrole nitrogens is 2. The van der Waals surface area contributed by atoms with Gasteiger partial charge in [-0.2, -0.15) is 9.97 Å². The van der Waals surface area contributed by atoms with Gasteiger partial charge in [0.15, 0.2) is 11.2 Å². The van der Waals surface area contributed by atoms with E-state index in [1.54, 1.807) is 6.92 Å². The Morgan fingerprint density at radius 1 is 0.896 bits per heavy atom. The van der Waals surface area contributed by atoms with Crippen LogP contribution in [0.3, 0.4) is 0 Å². The van der Waals surface area contributed by atoms with Gasteiger partial charge in [0, 0.05) is 31.4 Å². The Labute approximate surface area is 275 Å². The Hall–Kier alpha value is -5.58. The Bertz CT molecular complexity index is 1870. The molecule has 1 aromatic carbocycles. The van der Waals surface area contributed by atoms with Gasteiger partial charge in [-0.15, -0.1) is 0 Å². The summed E-state index contributed by atoms with van der Waals surface area (Å²) in [5, 5.41) is 3.26. The fourth-order valence-corrected chi connectivity index (χ4v) is 5.24. The predicted octanol–water partition coefficient (Wildman–Crippen LogP) is 1.82. The van der Waals surface area contributed by atoms with Crippen molar-refractivity contribution in [2.24, 2.45) is 11.8 Å². The van der Waals surface area contributed by atoms with Gasteiger partial charge in [0.2, 0.25) is 11.9 Å². The largest absolute Gasteiger partial charge is 0.463 e. The number of benzene rings is 1. The number of nitrogens with zero attached hydrogens (tertiary/aromatic N) is 4. The summed E-state index contributed by atoms with van der Waals surface area (Å²) in [6.45, 7) is 10.2. The number of carbonyl (C=O) groups is 2. The number of aromatic amines is 2. The first-order valence-corrected chi connectivity index (χ1v) is 15.3. The van der Waals surface area contributed by atoms with Gasteiger partial charge in [0.05, 0.1) is 23.6 Å². The van der Waals surface area contributed by atoms with Gasteiger partial charge in [-0.25, -0.2) is 15.4 Å². The van der Waals surface area contributed by atoms with Crippen LogP contribution in [0, 0.1) is 11.8 Å². The number of fused-ring (bicyclic) bond motifs is 2. The third-order valence-electron chi connectivity index (χ3n) is 8.08. The number of nitrogen functional groups attached to an aromatic ring is 2. The van der Waals surface area contributed by atoms with Gasteiger partial charge in [0.25, 0.3) is 11.1 Å². The highest BCUT2D eigenvalue weighted by Crippen LogP contribution is 2.31. The molecule has 3 aromatic heterocycles. The molecule has 2 unspecified atom stereocenters. The van der Waals surface area contributed by atoms with Crippen LogP contribution >= 0.6 is 0 Å². The van der Waals surface area contributed by atoms with Gasteiger partial charge in [-0.1, -0.05) is 32.0 Å². The molecule has 0 bridgehead atoms. The molecule has 4 aromatic rings. The van der Waals surface area contributed by atoms with Crippen LogP contribution < -0.4 is 38.8 Å². The highest BCUT2D eigenvalue weighted by molar-refractivity contribution is 5.69. The molecule has 0 saturated heterocycles. The number of hydrogen-bond donors (Lipinski definition) is 7. The molecular weight excluding hydrogens is 622 g/mol. The molecular formula is C31H41N11O6. The maximum atomic E-state index is 12.3. The Morgan fingerprint density at radius 3 is 2.19 bits per heavy atom. The van der Waals surface area contributed by atoms with Crippen molar-refractivity contribution < 1.29 is 19.1 Å². The summed E-state index contributed by atoms with van der Waals surface area (Å²) in [4.78, 5) is 67.8. The zero-order valence-corrected chi connectivity index (χ0v) is 27.5. The van der Waals surface area contributed by atoms with Crippen LogP contribution in [-0.4, -0.2) is 60.2 Å². The highest BCUT2D eigenvalue weighted by Gasteiger charge is 2.37. The predicted molar refractivity (Wildman–Crippen MR) is 179 cm³/mol. The van der Waals surface area contributed by atoms with Crippen molar-refractivity contribution in [1.29, 1.82) is 0 Å². The van der Waals surface area contributed by atoms with Crippen LogP contribution in [0.1, 0.15) is 58.7 Å². The maximum Gasteiger partial charge on any atom is 0.302 e. The van der Waals surface area contributed by atoms with E-state index < -0.39 is 5.56 Å². The molecule has 1 aliphatic rings. The van der Waals surface area contributed by atoms with Crippen molar-refractivity contribution in [2.75, 3.05) is 22.2 Å². The molecule has 5 rings (SSSR count). The number of hydrogen-bond acceptors (Lipinski definition) is 15. The van der Waals surface area contributed by atoms with Gasteiger partial charge in [-0.05, 0) is 38.3 Å². The molecule has 4 heterocycles. The lowest BCUT2D eigenvalue weighted by Crippen LogP contribution is -2.53. The van der Waals surface area contributed by atoms with Crippen LogP contribution in [0.15, 0.2) is 46.1 Å². The molecule has 0 fully saturated rings. The summed E-state index contributed by atoms with van der Waals surface area (Å²) in [6.07, 6.45) is 1.01. The molecule has 0 spiro atoms. The molecule has 48 heavy (non-hydrogen) atoms. The SMILES string of the molecule is CC(=O)O[C@@H](C)[C@H](C)C1Cc2c(nc(N)[nH]c2=O)NC1NNc1ccccc1.CC(=O)O[C@@H](C)[C@H](C)c1cnc2nc(N)[nH]c(=O)c2n1. The molecule has 0 amide bonds. The van der Waals surface area contributed by atoms with E-state index in [1.807, 2.05) is 51.1 Å². The van der Waals surface area contributed by atoms with Gasteiger partial charge >= 0.3 is 11.9 Å². The number of ether oxygens (including phenoxy) is 2. The minimum absolute atomic E-state index is 0.00844. The molecule has 0 radical (unpaired) electrons. The zero-order chi connectivity index (χ0) is 35.1. The molecule has 17 heteroatoms. The van der Waals surface area contributed by atoms with Crippen LogP contribution in [0.5, 0.6) is 0 Å². The lowest BCUT2D eigenvalue weighted by atomic mass is 9.81. The molecule has 0 saturated carbocycles. The number of nitrogens with two attached hydrogens (primary N) is 2. The third kappa shape index (κ3) is 8.81. The highest BCUT2D eigenvalue weighted by atomic mass is 16.5. The van der Waals surface area contributed by atoms with Crippen LogP contribution in [0.25, 0.3) is 11.2 Å². The number of anilines is 4. The van der Waals surface area contributed by atoms with Crippen LogP contribution in [0.4, 0.5) is 23.4 Å². The quantitative estimate of drug-likeness (QED) is 0.0995. The molecule has 256 valence electrons. The summed E-state index contributed by atoms with van der Waals surface area (Å²) < 4.78 is 10.5. The van der Waals surface area contributed by atoms with Crippen molar-refractivity contribution in [1.82, 2.24) is 35.3 Å². The third-order valence-corrected chi connectivity index (χ3v) is 8.08. The minimum atomic E-state index is -0.450. The number of aromatic nitrogens is 6. The van der Waals surface area contributed by atoms with Gasteiger partial charge in [-0.3, -0.25) is 29.1 Å². The topological polar surface area (TPSA) is 258 Å². The average Bonchev–Trinajstić information content (AvgIpc) is 3.02. The summed E-state index contributed by atoms with van der Waals surface area (Å²) in [5.74, 6) is -0.476. The van der Waals surface area contributed by atoms with E-state index in [4.69, 9.17) is 20.9 Å². The van der Waals surface area contributed by atoms with E-state index in [-0.39, 0.29) is 76.7 Å². The van der Waals surface area contributed by atoms with E-state index in [0.717, 1.165) is 5.69 Å². The summed E-state index contributed by atoms with van der Waals surface area (Å²) in [7, 11) is 0. The number of esters is 2. The number of nitrogens with one attached hydrogen (secondary N) is 5. The lowest BCUT2D eigenvalue weighted by molar-refractivity contribution is -0.149. The number of para-hydroxylation sites is 1. The second-order valence-corrected chi connectivity index (χ2v) is 11.6. The normalized spacial score (nSPS) is 17.7. The van der Waals surface area contributed by atoms with E-state index in [2.05, 4.69) is 46.1 Å².